The number of pyridine rings is 1. The van der Waals surface area contributed by atoms with Crippen molar-refractivity contribution in [2.45, 2.75) is 12.7 Å². The van der Waals surface area contributed by atoms with Crippen molar-refractivity contribution in [3.8, 4) is 0 Å². The Kier molecular flexibility index (Phi) is 3.23. The van der Waals surface area contributed by atoms with Gasteiger partial charge in [-0.15, -0.1) is 0 Å². The number of rotatable bonds is 3. The van der Waals surface area contributed by atoms with Gasteiger partial charge in [0.15, 0.2) is 0 Å². The smallest absolute Gasteiger partial charge is 0.136 e. The number of nitrogens with zero attached hydrogens (tertiary/aromatic N) is 1. The van der Waals surface area contributed by atoms with Crippen LogP contribution in [-0.4, -0.2) is 24.3 Å². The Morgan fingerprint density at radius 2 is 2.21 bits per heavy atom. The quantitative estimate of drug-likeness (QED) is 0.752. The Bertz CT molecular complexity index is 329. The molecule has 0 aromatic carbocycles. The first kappa shape index (κ1) is 10.2. The second-order valence-electron chi connectivity index (χ2n) is 3.05. The molecule has 0 N–H and O–H groups in total. The molecule has 14 heavy (non-hydrogen) atoms. The maximum absolute atomic E-state index is 5.87. The highest BCUT2D eigenvalue weighted by Gasteiger charge is 2.19. The van der Waals surface area contributed by atoms with Crippen molar-refractivity contribution in [1.82, 2.24) is 4.98 Å². The molecule has 0 radical (unpaired) electrons. The lowest BCUT2D eigenvalue weighted by Crippen LogP contribution is -2.35. The zero-order chi connectivity index (χ0) is 9.97. The van der Waals surface area contributed by atoms with Crippen molar-refractivity contribution in [2.24, 2.45) is 0 Å². The minimum absolute atomic E-state index is 0.196. The van der Waals surface area contributed by atoms with Gasteiger partial charge in [-0.3, -0.25) is 0 Å². The Morgan fingerprint density at radius 1 is 1.43 bits per heavy atom. The summed E-state index contributed by atoms with van der Waals surface area (Å²) in [7, 11) is 0. The predicted octanol–water partition coefficient (Wildman–Crippen LogP) is 2.30. The average Bonchev–Trinajstić information content (AvgIpc) is 2.05. The largest absolute Gasteiger partial charge is 0.376 e. The highest BCUT2D eigenvalue weighted by atomic mass is 35.5. The van der Waals surface area contributed by atoms with Crippen LogP contribution in [0.15, 0.2) is 12.1 Å². The van der Waals surface area contributed by atoms with Gasteiger partial charge in [0, 0.05) is 5.56 Å². The molecule has 2 heterocycles. The van der Waals surface area contributed by atoms with Crippen LogP contribution in [0.1, 0.15) is 5.56 Å². The molecule has 0 amide bonds. The molecule has 0 saturated carbocycles. The van der Waals surface area contributed by atoms with Crippen molar-refractivity contribution in [1.29, 1.82) is 0 Å². The van der Waals surface area contributed by atoms with E-state index in [2.05, 4.69) is 4.98 Å². The minimum Gasteiger partial charge on any atom is -0.376 e. The molecule has 0 aliphatic carbocycles. The molecule has 3 nitrogen and oxygen atoms in total. The van der Waals surface area contributed by atoms with Gasteiger partial charge in [-0.05, 0) is 6.07 Å². The third-order valence-electron chi connectivity index (χ3n) is 1.97. The van der Waals surface area contributed by atoms with E-state index in [1.165, 1.54) is 0 Å². The molecule has 1 fully saturated rings. The zero-order valence-electron chi connectivity index (χ0n) is 7.37. The van der Waals surface area contributed by atoms with E-state index in [0.29, 0.717) is 30.1 Å². The molecule has 0 bridgehead atoms. The van der Waals surface area contributed by atoms with E-state index < -0.39 is 0 Å². The molecule has 5 heteroatoms. The monoisotopic (exact) mass is 233 g/mol. The Hall–Kier alpha value is -0.350. The van der Waals surface area contributed by atoms with Crippen molar-refractivity contribution in [3.63, 3.8) is 0 Å². The number of aromatic nitrogens is 1. The summed E-state index contributed by atoms with van der Waals surface area (Å²) in [6, 6.07) is 3.51. The number of halogens is 2. The summed E-state index contributed by atoms with van der Waals surface area (Å²) < 4.78 is 10.5. The third-order valence-corrected chi connectivity index (χ3v) is 2.51. The molecule has 76 valence electrons. The number of hydrogen-bond acceptors (Lipinski definition) is 3. The summed E-state index contributed by atoms with van der Waals surface area (Å²) in [5, 5.41) is 0.795. The third kappa shape index (κ3) is 2.36. The van der Waals surface area contributed by atoms with Gasteiger partial charge in [0.05, 0.1) is 19.8 Å². The van der Waals surface area contributed by atoms with Crippen LogP contribution in [0.5, 0.6) is 0 Å². The first-order chi connectivity index (χ1) is 6.75. The van der Waals surface area contributed by atoms with E-state index in [0.717, 1.165) is 5.56 Å². The minimum atomic E-state index is 0.196. The fourth-order valence-corrected chi connectivity index (χ4v) is 1.47. The summed E-state index contributed by atoms with van der Waals surface area (Å²) in [5.74, 6) is 0. The summed E-state index contributed by atoms with van der Waals surface area (Å²) in [5.41, 5.74) is 0.850. The van der Waals surface area contributed by atoms with Crippen LogP contribution in [0.3, 0.4) is 0 Å². The van der Waals surface area contributed by atoms with E-state index in [1.807, 2.05) is 6.07 Å². The van der Waals surface area contributed by atoms with Gasteiger partial charge in [-0.2, -0.15) is 0 Å². The molecular weight excluding hydrogens is 225 g/mol. The highest BCUT2D eigenvalue weighted by Crippen LogP contribution is 2.18. The average molecular weight is 234 g/mol. The standard InChI is InChI=1S/C9H9Cl2NO2/c10-8-2-1-6(9(11)12-8)3-14-7-4-13-5-7/h1-2,7H,3-5H2. The lowest BCUT2D eigenvalue weighted by molar-refractivity contribution is -0.135. The SMILES string of the molecule is Clc1ccc(COC2COC2)c(Cl)n1. The zero-order valence-corrected chi connectivity index (χ0v) is 8.88. The first-order valence-electron chi connectivity index (χ1n) is 4.26. The van der Waals surface area contributed by atoms with Crippen molar-refractivity contribution < 1.29 is 9.47 Å². The molecule has 1 aromatic heterocycles. The van der Waals surface area contributed by atoms with Crippen LogP contribution in [0.25, 0.3) is 0 Å². The molecule has 1 aliphatic rings. The van der Waals surface area contributed by atoms with Crippen molar-refractivity contribution in [2.75, 3.05) is 13.2 Å². The summed E-state index contributed by atoms with van der Waals surface area (Å²) in [4.78, 5) is 3.91. The molecule has 2 rings (SSSR count). The molecule has 0 unspecified atom stereocenters. The van der Waals surface area contributed by atoms with Gasteiger partial charge in [0.1, 0.15) is 16.4 Å². The van der Waals surface area contributed by atoms with Crippen LogP contribution >= 0.6 is 23.2 Å². The lowest BCUT2D eigenvalue weighted by Gasteiger charge is -2.26. The van der Waals surface area contributed by atoms with Crippen LogP contribution < -0.4 is 0 Å². The fourth-order valence-electron chi connectivity index (χ4n) is 1.07. The number of hydrogen-bond donors (Lipinski definition) is 0. The van der Waals surface area contributed by atoms with Crippen LogP contribution in [0.2, 0.25) is 10.3 Å². The molecule has 0 atom stereocenters. The Labute approximate surface area is 91.9 Å². The van der Waals surface area contributed by atoms with Gasteiger partial charge >= 0.3 is 0 Å². The summed E-state index contributed by atoms with van der Waals surface area (Å²) in [6.07, 6.45) is 0.196. The number of ether oxygens (including phenoxy) is 2. The van der Waals surface area contributed by atoms with Gasteiger partial charge in [0.2, 0.25) is 0 Å². The van der Waals surface area contributed by atoms with Crippen LogP contribution in [0.4, 0.5) is 0 Å². The highest BCUT2D eigenvalue weighted by molar-refractivity contribution is 6.32. The maximum atomic E-state index is 5.87. The topological polar surface area (TPSA) is 31.4 Å². The van der Waals surface area contributed by atoms with Gasteiger partial charge in [-0.25, -0.2) is 4.98 Å². The molecule has 1 aromatic rings. The Morgan fingerprint density at radius 3 is 2.79 bits per heavy atom. The van der Waals surface area contributed by atoms with Crippen LogP contribution in [-0.2, 0) is 16.1 Å². The normalized spacial score (nSPS) is 16.7. The predicted molar refractivity (Wildman–Crippen MR) is 53.7 cm³/mol. The first-order valence-corrected chi connectivity index (χ1v) is 5.01. The van der Waals surface area contributed by atoms with E-state index in [1.54, 1.807) is 6.07 Å². The van der Waals surface area contributed by atoms with E-state index >= 15 is 0 Å². The lowest BCUT2D eigenvalue weighted by atomic mass is 10.3. The van der Waals surface area contributed by atoms with Crippen molar-refractivity contribution in [3.05, 3.63) is 28.0 Å². The molecular formula is C9H9Cl2NO2. The second-order valence-corrected chi connectivity index (χ2v) is 3.80. The second kappa shape index (κ2) is 4.45. The van der Waals surface area contributed by atoms with E-state index in [4.69, 9.17) is 32.7 Å². The molecule has 1 saturated heterocycles. The summed E-state index contributed by atoms with van der Waals surface area (Å²) in [6.45, 7) is 1.79. The molecule has 1 aliphatic heterocycles. The summed E-state index contributed by atoms with van der Waals surface area (Å²) >= 11 is 11.5. The van der Waals surface area contributed by atoms with Crippen molar-refractivity contribution >= 4 is 23.2 Å². The van der Waals surface area contributed by atoms with E-state index in [9.17, 15) is 0 Å². The Balaban J connectivity index is 1.94. The van der Waals surface area contributed by atoms with Gasteiger partial charge < -0.3 is 9.47 Å². The van der Waals surface area contributed by atoms with Gasteiger partial charge in [0.25, 0.3) is 0 Å². The molecule has 0 spiro atoms. The van der Waals surface area contributed by atoms with Gasteiger partial charge in [-0.1, -0.05) is 29.3 Å². The fraction of sp³-hybridized carbons (Fsp3) is 0.444. The van der Waals surface area contributed by atoms with E-state index in [-0.39, 0.29) is 6.10 Å². The van der Waals surface area contributed by atoms with Crippen LogP contribution in [0, 0.1) is 0 Å². The maximum Gasteiger partial charge on any atom is 0.136 e.